The van der Waals surface area contributed by atoms with Gasteiger partial charge in [0.1, 0.15) is 0 Å². The van der Waals surface area contributed by atoms with Gasteiger partial charge in [0.15, 0.2) is 0 Å². The molecule has 0 radical (unpaired) electrons. The van der Waals surface area contributed by atoms with Crippen LogP contribution in [0.4, 0.5) is 5.69 Å². The van der Waals surface area contributed by atoms with E-state index < -0.39 is 0 Å². The fraction of sp³-hybridized carbons (Fsp3) is 0. The van der Waals surface area contributed by atoms with Crippen LogP contribution in [0, 0.1) is 11.3 Å². The number of nitrogen functional groups attached to an aromatic ring is 1. The summed E-state index contributed by atoms with van der Waals surface area (Å²) in [7, 11) is 0. The molecular weight excluding hydrogens is 240 g/mol. The van der Waals surface area contributed by atoms with Crippen molar-refractivity contribution in [3.63, 3.8) is 0 Å². The molecule has 0 saturated carbocycles. The number of nitrogens with zero attached hydrogens (tertiary/aromatic N) is 1. The first-order valence-corrected chi connectivity index (χ1v) is 6.44. The fourth-order valence-corrected chi connectivity index (χ4v) is 2.94. The Morgan fingerprint density at radius 3 is 2.83 bits per heavy atom. The van der Waals surface area contributed by atoms with Gasteiger partial charge in [-0.1, -0.05) is 30.0 Å². The fourth-order valence-electron chi connectivity index (χ4n) is 2.09. The first-order valence-electron chi connectivity index (χ1n) is 5.56. The summed E-state index contributed by atoms with van der Waals surface area (Å²) in [6, 6.07) is 13.9. The summed E-state index contributed by atoms with van der Waals surface area (Å²) < 4.78 is 0. The van der Waals surface area contributed by atoms with E-state index in [0.717, 1.165) is 27.3 Å². The van der Waals surface area contributed by atoms with Crippen LogP contribution in [0.5, 0.6) is 0 Å². The highest BCUT2D eigenvalue weighted by molar-refractivity contribution is 8.02. The van der Waals surface area contributed by atoms with Crippen LogP contribution in [0.25, 0.3) is 17.2 Å². The maximum atomic E-state index is 8.95. The van der Waals surface area contributed by atoms with E-state index in [0.29, 0.717) is 5.56 Å². The van der Waals surface area contributed by atoms with E-state index in [1.807, 2.05) is 41.8 Å². The SMILES string of the molecule is N#Cc1ccc2c(c1)SC=Cc1c(N)cccc1-2. The van der Waals surface area contributed by atoms with Crippen LogP contribution in [0.15, 0.2) is 46.7 Å². The molecule has 86 valence electrons. The molecule has 0 bridgehead atoms. The zero-order chi connectivity index (χ0) is 12.5. The molecule has 0 aromatic heterocycles. The molecule has 3 rings (SSSR count). The second-order valence-electron chi connectivity index (χ2n) is 4.05. The third kappa shape index (κ3) is 1.68. The summed E-state index contributed by atoms with van der Waals surface area (Å²) in [5.41, 5.74) is 10.8. The van der Waals surface area contributed by atoms with Crippen molar-refractivity contribution in [1.82, 2.24) is 0 Å². The molecule has 1 heterocycles. The number of benzene rings is 2. The van der Waals surface area contributed by atoms with Gasteiger partial charge >= 0.3 is 0 Å². The average molecular weight is 250 g/mol. The van der Waals surface area contributed by atoms with Crippen molar-refractivity contribution in [2.75, 3.05) is 5.73 Å². The number of fused-ring (bicyclic) bond motifs is 3. The van der Waals surface area contributed by atoms with Crippen molar-refractivity contribution in [1.29, 1.82) is 5.26 Å². The maximum absolute atomic E-state index is 8.95. The van der Waals surface area contributed by atoms with Gasteiger partial charge in [-0.3, -0.25) is 0 Å². The molecule has 0 saturated heterocycles. The van der Waals surface area contributed by atoms with Gasteiger partial charge in [-0.2, -0.15) is 5.26 Å². The molecule has 0 atom stereocenters. The molecule has 2 N–H and O–H groups in total. The van der Waals surface area contributed by atoms with Gasteiger partial charge in [0, 0.05) is 16.1 Å². The summed E-state index contributed by atoms with van der Waals surface area (Å²) in [6.07, 6.45) is 2.03. The Morgan fingerprint density at radius 1 is 1.11 bits per heavy atom. The molecule has 2 aromatic rings. The smallest absolute Gasteiger partial charge is 0.0992 e. The predicted octanol–water partition coefficient (Wildman–Crippen LogP) is 3.88. The lowest BCUT2D eigenvalue weighted by Crippen LogP contribution is -1.92. The first-order chi connectivity index (χ1) is 8.79. The Bertz CT molecular complexity index is 696. The van der Waals surface area contributed by atoms with Crippen molar-refractivity contribution in [2.24, 2.45) is 0 Å². The van der Waals surface area contributed by atoms with E-state index in [9.17, 15) is 0 Å². The Hall–Kier alpha value is -2.18. The minimum absolute atomic E-state index is 0.682. The molecule has 1 aliphatic heterocycles. The molecule has 2 nitrogen and oxygen atoms in total. The number of hydrogen-bond donors (Lipinski definition) is 1. The van der Waals surface area contributed by atoms with Crippen molar-refractivity contribution < 1.29 is 0 Å². The molecule has 1 aliphatic rings. The highest BCUT2D eigenvalue weighted by Crippen LogP contribution is 2.40. The lowest BCUT2D eigenvalue weighted by Gasteiger charge is -2.10. The van der Waals surface area contributed by atoms with Crippen molar-refractivity contribution in [3.8, 4) is 17.2 Å². The predicted molar refractivity (Wildman–Crippen MR) is 75.9 cm³/mol. The maximum Gasteiger partial charge on any atom is 0.0992 e. The summed E-state index contributed by atoms with van der Waals surface area (Å²) >= 11 is 1.62. The Morgan fingerprint density at radius 2 is 2.00 bits per heavy atom. The van der Waals surface area contributed by atoms with Gasteiger partial charge in [0.25, 0.3) is 0 Å². The Kier molecular flexibility index (Phi) is 2.58. The highest BCUT2D eigenvalue weighted by Gasteiger charge is 2.13. The van der Waals surface area contributed by atoms with Crippen LogP contribution in [0.3, 0.4) is 0 Å². The number of nitriles is 1. The summed E-state index contributed by atoms with van der Waals surface area (Å²) in [5, 5.41) is 11.0. The van der Waals surface area contributed by atoms with Gasteiger partial charge in [-0.05, 0) is 40.8 Å². The molecule has 0 unspecified atom stereocenters. The molecule has 0 aliphatic carbocycles. The third-order valence-corrected chi connectivity index (χ3v) is 3.83. The summed E-state index contributed by atoms with van der Waals surface area (Å²) in [5.74, 6) is 0. The van der Waals surface area contributed by atoms with Gasteiger partial charge in [-0.15, -0.1) is 0 Å². The minimum atomic E-state index is 0.682. The second kappa shape index (κ2) is 4.25. The molecule has 0 spiro atoms. The first kappa shape index (κ1) is 10.9. The highest BCUT2D eigenvalue weighted by atomic mass is 32.2. The van der Waals surface area contributed by atoms with Gasteiger partial charge in [0.2, 0.25) is 0 Å². The minimum Gasteiger partial charge on any atom is -0.398 e. The number of thioether (sulfide) groups is 1. The largest absolute Gasteiger partial charge is 0.398 e. The van der Waals surface area contributed by atoms with E-state index >= 15 is 0 Å². The number of hydrogen-bond acceptors (Lipinski definition) is 3. The number of rotatable bonds is 0. The molecule has 0 amide bonds. The second-order valence-corrected chi connectivity index (χ2v) is 5.00. The molecule has 2 aromatic carbocycles. The topological polar surface area (TPSA) is 49.8 Å². The van der Waals surface area contributed by atoms with Crippen LogP contribution < -0.4 is 5.73 Å². The number of nitrogens with two attached hydrogens (primary N) is 1. The molecule has 0 fully saturated rings. The van der Waals surface area contributed by atoms with Crippen LogP contribution in [-0.4, -0.2) is 0 Å². The lowest BCUT2D eigenvalue weighted by atomic mass is 9.97. The zero-order valence-corrected chi connectivity index (χ0v) is 10.4. The quantitative estimate of drug-likeness (QED) is 0.722. The third-order valence-electron chi connectivity index (χ3n) is 2.97. The zero-order valence-electron chi connectivity index (χ0n) is 9.55. The lowest BCUT2D eigenvalue weighted by molar-refractivity contribution is 1.40. The monoisotopic (exact) mass is 250 g/mol. The Balaban J connectivity index is 2.30. The van der Waals surface area contributed by atoms with Crippen LogP contribution in [0.2, 0.25) is 0 Å². The Labute approximate surface area is 110 Å². The molecule has 3 heteroatoms. The van der Waals surface area contributed by atoms with Crippen molar-refractivity contribution in [3.05, 3.63) is 52.9 Å². The summed E-state index contributed by atoms with van der Waals surface area (Å²) in [4.78, 5) is 1.09. The number of anilines is 1. The molecule has 18 heavy (non-hydrogen) atoms. The van der Waals surface area contributed by atoms with Crippen molar-refractivity contribution >= 4 is 23.5 Å². The van der Waals surface area contributed by atoms with E-state index in [2.05, 4.69) is 12.1 Å². The van der Waals surface area contributed by atoms with Crippen LogP contribution in [0.1, 0.15) is 11.1 Å². The van der Waals surface area contributed by atoms with E-state index in [1.165, 1.54) is 0 Å². The van der Waals surface area contributed by atoms with Crippen molar-refractivity contribution in [2.45, 2.75) is 4.90 Å². The molecular formula is C15H10N2S. The summed E-state index contributed by atoms with van der Waals surface area (Å²) in [6.45, 7) is 0. The van der Waals surface area contributed by atoms with E-state index in [1.54, 1.807) is 11.8 Å². The van der Waals surface area contributed by atoms with Crippen LogP contribution >= 0.6 is 11.8 Å². The van der Waals surface area contributed by atoms with Gasteiger partial charge < -0.3 is 5.73 Å². The van der Waals surface area contributed by atoms with Gasteiger partial charge in [-0.25, -0.2) is 0 Å². The van der Waals surface area contributed by atoms with E-state index in [-0.39, 0.29) is 0 Å². The van der Waals surface area contributed by atoms with E-state index in [4.69, 9.17) is 11.0 Å². The normalized spacial score (nSPS) is 12.2. The average Bonchev–Trinajstić information content (AvgIpc) is 2.58. The standard InChI is InChI=1S/C15H10N2S/c16-9-10-4-5-13-11-2-1-3-14(17)12(11)6-7-18-15(13)8-10/h1-8H,17H2. The van der Waals surface area contributed by atoms with Gasteiger partial charge in [0.05, 0.1) is 11.6 Å². The van der Waals surface area contributed by atoms with Crippen LogP contribution in [-0.2, 0) is 0 Å².